The van der Waals surface area contributed by atoms with E-state index < -0.39 is 0 Å². The maximum Gasteiger partial charge on any atom is 0.0666 e. The Labute approximate surface area is 73.9 Å². The summed E-state index contributed by atoms with van der Waals surface area (Å²) < 4.78 is 5.51. The van der Waals surface area contributed by atoms with Crippen LogP contribution in [0.2, 0.25) is 0 Å². The summed E-state index contributed by atoms with van der Waals surface area (Å²) >= 11 is 2.03. The second kappa shape index (κ2) is 5.04. The Kier molecular flexibility index (Phi) is 4.31. The van der Waals surface area contributed by atoms with Crippen LogP contribution in [0.4, 0.5) is 0 Å². The van der Waals surface area contributed by atoms with Gasteiger partial charge in [-0.2, -0.15) is 11.8 Å². The molecule has 0 aliphatic carbocycles. The molecule has 0 aromatic heterocycles. The van der Waals surface area contributed by atoms with Gasteiger partial charge in [0.05, 0.1) is 6.10 Å². The standard InChI is InChI=1S/C9H18OS/c1-8(2)6-11-7-9-4-3-5-10-9/h8-9H,3-7H2,1-2H3/t9-/m1/s1. The first-order valence-corrected chi connectivity index (χ1v) is 5.64. The highest BCUT2D eigenvalue weighted by Crippen LogP contribution is 2.18. The van der Waals surface area contributed by atoms with E-state index in [1.807, 2.05) is 11.8 Å². The zero-order chi connectivity index (χ0) is 8.10. The molecule has 1 saturated heterocycles. The Morgan fingerprint density at radius 1 is 1.55 bits per heavy atom. The summed E-state index contributed by atoms with van der Waals surface area (Å²) in [6.45, 7) is 5.53. The minimum absolute atomic E-state index is 0.568. The Balaban J connectivity index is 1.94. The monoisotopic (exact) mass is 174 g/mol. The van der Waals surface area contributed by atoms with Crippen LogP contribution in [0, 0.1) is 5.92 Å². The average molecular weight is 174 g/mol. The summed E-state index contributed by atoms with van der Waals surface area (Å²) in [6.07, 6.45) is 3.12. The molecule has 0 N–H and O–H groups in total. The normalized spacial score (nSPS) is 24.8. The van der Waals surface area contributed by atoms with E-state index in [4.69, 9.17) is 4.74 Å². The van der Waals surface area contributed by atoms with Gasteiger partial charge in [-0.05, 0) is 24.5 Å². The molecule has 66 valence electrons. The summed E-state index contributed by atoms with van der Waals surface area (Å²) in [5, 5.41) is 0. The quantitative estimate of drug-likeness (QED) is 0.648. The smallest absolute Gasteiger partial charge is 0.0666 e. The van der Waals surface area contributed by atoms with Crippen LogP contribution in [-0.4, -0.2) is 24.2 Å². The second-order valence-corrected chi connectivity index (χ2v) is 4.64. The van der Waals surface area contributed by atoms with Crippen LogP contribution in [0.3, 0.4) is 0 Å². The van der Waals surface area contributed by atoms with E-state index in [-0.39, 0.29) is 0 Å². The van der Waals surface area contributed by atoms with Gasteiger partial charge in [-0.3, -0.25) is 0 Å². The summed E-state index contributed by atoms with van der Waals surface area (Å²) in [5.41, 5.74) is 0. The molecule has 0 saturated carbocycles. The summed E-state index contributed by atoms with van der Waals surface area (Å²) in [5.74, 6) is 3.30. The molecule has 0 spiro atoms. The van der Waals surface area contributed by atoms with Crippen LogP contribution in [-0.2, 0) is 4.74 Å². The lowest BCUT2D eigenvalue weighted by molar-refractivity contribution is 0.129. The van der Waals surface area contributed by atoms with Crippen molar-refractivity contribution in [1.29, 1.82) is 0 Å². The average Bonchev–Trinajstić information content (AvgIpc) is 2.39. The second-order valence-electron chi connectivity index (χ2n) is 3.57. The van der Waals surface area contributed by atoms with E-state index in [9.17, 15) is 0 Å². The Morgan fingerprint density at radius 3 is 2.91 bits per heavy atom. The highest BCUT2D eigenvalue weighted by Gasteiger charge is 2.14. The zero-order valence-electron chi connectivity index (χ0n) is 7.51. The molecule has 0 aromatic rings. The predicted molar refractivity (Wildman–Crippen MR) is 51.1 cm³/mol. The van der Waals surface area contributed by atoms with Crippen LogP contribution in [0.15, 0.2) is 0 Å². The molecule has 11 heavy (non-hydrogen) atoms. The van der Waals surface area contributed by atoms with E-state index in [2.05, 4.69) is 13.8 Å². The SMILES string of the molecule is CC(C)CSC[C@H]1CCCO1. The first-order valence-electron chi connectivity index (χ1n) is 4.48. The van der Waals surface area contributed by atoms with Gasteiger partial charge in [0.2, 0.25) is 0 Å². The largest absolute Gasteiger partial charge is 0.377 e. The summed E-state index contributed by atoms with van der Waals surface area (Å²) in [6, 6.07) is 0. The van der Waals surface area contributed by atoms with Crippen molar-refractivity contribution in [2.75, 3.05) is 18.1 Å². The van der Waals surface area contributed by atoms with Gasteiger partial charge in [-0.15, -0.1) is 0 Å². The van der Waals surface area contributed by atoms with Crippen molar-refractivity contribution in [3.63, 3.8) is 0 Å². The first kappa shape index (κ1) is 9.40. The van der Waals surface area contributed by atoms with Gasteiger partial charge in [0.1, 0.15) is 0 Å². The van der Waals surface area contributed by atoms with Crippen molar-refractivity contribution in [3.8, 4) is 0 Å². The molecule has 1 atom stereocenters. The molecular weight excluding hydrogens is 156 g/mol. The van der Waals surface area contributed by atoms with Crippen molar-refractivity contribution < 1.29 is 4.74 Å². The van der Waals surface area contributed by atoms with E-state index in [1.165, 1.54) is 24.3 Å². The number of ether oxygens (including phenoxy) is 1. The van der Waals surface area contributed by atoms with Gasteiger partial charge >= 0.3 is 0 Å². The van der Waals surface area contributed by atoms with Gasteiger partial charge in [0.15, 0.2) is 0 Å². The summed E-state index contributed by atoms with van der Waals surface area (Å²) in [7, 11) is 0. The van der Waals surface area contributed by atoms with E-state index in [0.29, 0.717) is 6.10 Å². The number of hydrogen-bond acceptors (Lipinski definition) is 2. The Hall–Kier alpha value is 0.310. The molecule has 0 aromatic carbocycles. The van der Waals surface area contributed by atoms with Crippen molar-refractivity contribution in [1.82, 2.24) is 0 Å². The molecule has 0 bridgehead atoms. The van der Waals surface area contributed by atoms with Crippen molar-refractivity contribution in [2.24, 2.45) is 5.92 Å². The fraction of sp³-hybridized carbons (Fsp3) is 1.00. The minimum atomic E-state index is 0.568. The molecule has 1 rings (SSSR count). The van der Waals surface area contributed by atoms with Gasteiger partial charge in [0, 0.05) is 12.4 Å². The van der Waals surface area contributed by atoms with E-state index >= 15 is 0 Å². The Bertz CT molecular complexity index is 97.7. The maximum atomic E-state index is 5.51. The van der Waals surface area contributed by atoms with Crippen LogP contribution in [0.5, 0.6) is 0 Å². The summed E-state index contributed by atoms with van der Waals surface area (Å²) in [4.78, 5) is 0. The lowest BCUT2D eigenvalue weighted by Gasteiger charge is -2.09. The van der Waals surface area contributed by atoms with Crippen LogP contribution in [0.25, 0.3) is 0 Å². The van der Waals surface area contributed by atoms with Crippen LogP contribution < -0.4 is 0 Å². The molecule has 1 aliphatic heterocycles. The van der Waals surface area contributed by atoms with Crippen LogP contribution in [0.1, 0.15) is 26.7 Å². The molecule has 1 aliphatic rings. The number of rotatable bonds is 4. The zero-order valence-corrected chi connectivity index (χ0v) is 8.32. The fourth-order valence-corrected chi connectivity index (χ4v) is 2.34. The molecule has 0 radical (unpaired) electrons. The van der Waals surface area contributed by atoms with Gasteiger partial charge < -0.3 is 4.74 Å². The molecular formula is C9H18OS. The van der Waals surface area contributed by atoms with E-state index in [0.717, 1.165) is 12.5 Å². The van der Waals surface area contributed by atoms with Crippen LogP contribution >= 0.6 is 11.8 Å². The third kappa shape index (κ3) is 4.02. The van der Waals surface area contributed by atoms with Crippen molar-refractivity contribution >= 4 is 11.8 Å². The number of thioether (sulfide) groups is 1. The third-order valence-corrected chi connectivity index (χ3v) is 3.29. The highest BCUT2D eigenvalue weighted by molar-refractivity contribution is 7.99. The van der Waals surface area contributed by atoms with Gasteiger partial charge in [0.25, 0.3) is 0 Å². The first-order chi connectivity index (χ1) is 5.29. The lowest BCUT2D eigenvalue weighted by atomic mass is 10.3. The van der Waals surface area contributed by atoms with Crippen molar-refractivity contribution in [3.05, 3.63) is 0 Å². The fourth-order valence-electron chi connectivity index (χ4n) is 1.21. The van der Waals surface area contributed by atoms with Gasteiger partial charge in [-0.25, -0.2) is 0 Å². The lowest BCUT2D eigenvalue weighted by Crippen LogP contribution is -2.09. The predicted octanol–water partition coefficient (Wildman–Crippen LogP) is 2.55. The molecule has 0 amide bonds. The van der Waals surface area contributed by atoms with E-state index in [1.54, 1.807) is 0 Å². The topological polar surface area (TPSA) is 9.23 Å². The molecule has 0 unspecified atom stereocenters. The molecule has 1 nitrogen and oxygen atoms in total. The molecule has 2 heteroatoms. The highest BCUT2D eigenvalue weighted by atomic mass is 32.2. The Morgan fingerprint density at radius 2 is 2.36 bits per heavy atom. The molecule has 1 heterocycles. The maximum absolute atomic E-state index is 5.51. The third-order valence-electron chi connectivity index (χ3n) is 1.78. The van der Waals surface area contributed by atoms with Gasteiger partial charge in [-0.1, -0.05) is 13.8 Å². The minimum Gasteiger partial charge on any atom is -0.377 e. The van der Waals surface area contributed by atoms with Crippen molar-refractivity contribution in [2.45, 2.75) is 32.8 Å². The number of hydrogen-bond donors (Lipinski definition) is 0. The molecule has 1 fully saturated rings.